The van der Waals surface area contributed by atoms with Crippen molar-refractivity contribution in [3.05, 3.63) is 35.1 Å². The first-order valence-corrected chi connectivity index (χ1v) is 6.64. The lowest BCUT2D eigenvalue weighted by atomic mass is 9.88. The zero-order valence-electron chi connectivity index (χ0n) is 10.8. The number of benzene rings is 1. The van der Waals surface area contributed by atoms with E-state index in [2.05, 4.69) is 0 Å². The Hall–Kier alpha value is -1.44. The van der Waals surface area contributed by atoms with Crippen molar-refractivity contribution in [2.75, 3.05) is 6.61 Å². The predicted molar refractivity (Wildman–Crippen MR) is 68.7 cm³/mol. The van der Waals surface area contributed by atoms with Gasteiger partial charge in [0.15, 0.2) is 0 Å². The lowest BCUT2D eigenvalue weighted by Crippen LogP contribution is -2.23. The summed E-state index contributed by atoms with van der Waals surface area (Å²) in [4.78, 5) is 0. The molecule has 0 aliphatic heterocycles. The number of hydrogen-bond acceptors (Lipinski definition) is 3. The first kappa shape index (κ1) is 14.0. The average molecular weight is 263 g/mol. The average Bonchev–Trinajstić information content (AvgIpc) is 2.47. The maximum absolute atomic E-state index is 13.8. The van der Waals surface area contributed by atoms with Crippen LogP contribution in [0.1, 0.15) is 36.8 Å². The van der Waals surface area contributed by atoms with E-state index in [-0.39, 0.29) is 24.9 Å². The molecule has 0 amide bonds. The highest BCUT2D eigenvalue weighted by Gasteiger charge is 2.21. The van der Waals surface area contributed by atoms with Crippen molar-refractivity contribution in [2.24, 2.45) is 5.92 Å². The number of aliphatic hydroxyl groups excluding tert-OH is 1. The van der Waals surface area contributed by atoms with Crippen LogP contribution >= 0.6 is 0 Å². The zero-order chi connectivity index (χ0) is 13.7. The number of halogens is 1. The number of aliphatic hydroxyl groups is 1. The molecule has 1 aromatic rings. The van der Waals surface area contributed by atoms with Crippen molar-refractivity contribution in [1.82, 2.24) is 0 Å². The lowest BCUT2D eigenvalue weighted by Gasteiger charge is -2.27. The van der Waals surface area contributed by atoms with Gasteiger partial charge in [-0.15, -0.1) is 0 Å². The molecule has 1 fully saturated rings. The molecule has 19 heavy (non-hydrogen) atoms. The fourth-order valence-electron chi connectivity index (χ4n) is 2.47. The van der Waals surface area contributed by atoms with Gasteiger partial charge in [0.2, 0.25) is 0 Å². The Balaban J connectivity index is 1.88. The molecule has 0 spiro atoms. The molecule has 1 saturated carbocycles. The van der Waals surface area contributed by atoms with E-state index in [0.717, 1.165) is 25.7 Å². The molecule has 1 aliphatic rings. The van der Waals surface area contributed by atoms with Crippen LogP contribution in [0.4, 0.5) is 4.39 Å². The van der Waals surface area contributed by atoms with Crippen LogP contribution in [-0.2, 0) is 11.3 Å². The molecule has 0 aromatic heterocycles. The van der Waals surface area contributed by atoms with Crippen LogP contribution in [0.5, 0.6) is 0 Å². The topological polar surface area (TPSA) is 53.2 Å². The number of nitriles is 1. The molecule has 0 saturated heterocycles. The third-order valence-corrected chi connectivity index (χ3v) is 3.73. The molecular weight excluding hydrogens is 245 g/mol. The Labute approximate surface area is 112 Å². The van der Waals surface area contributed by atoms with E-state index in [1.165, 1.54) is 6.07 Å². The zero-order valence-corrected chi connectivity index (χ0v) is 10.8. The van der Waals surface area contributed by atoms with Gasteiger partial charge in [-0.1, -0.05) is 12.1 Å². The number of nitrogens with zero attached hydrogens (tertiary/aromatic N) is 1. The molecule has 102 valence electrons. The summed E-state index contributed by atoms with van der Waals surface area (Å²) < 4.78 is 19.5. The van der Waals surface area contributed by atoms with Gasteiger partial charge in [-0.3, -0.25) is 0 Å². The highest BCUT2D eigenvalue weighted by molar-refractivity contribution is 5.34. The molecule has 1 aliphatic carbocycles. The molecule has 0 atom stereocenters. The van der Waals surface area contributed by atoms with E-state index in [4.69, 9.17) is 15.1 Å². The summed E-state index contributed by atoms with van der Waals surface area (Å²) in [5.41, 5.74) is 0.494. The second-order valence-corrected chi connectivity index (χ2v) is 5.03. The second-order valence-electron chi connectivity index (χ2n) is 5.03. The molecule has 3 nitrogen and oxygen atoms in total. The summed E-state index contributed by atoms with van der Waals surface area (Å²) in [7, 11) is 0. The maximum Gasteiger partial charge on any atom is 0.146 e. The summed E-state index contributed by atoms with van der Waals surface area (Å²) in [6.45, 7) is 0.446. The first-order chi connectivity index (χ1) is 9.24. The molecule has 0 radical (unpaired) electrons. The largest absolute Gasteiger partial charge is 0.396 e. The number of ether oxygens (including phenoxy) is 1. The van der Waals surface area contributed by atoms with Crippen LogP contribution in [0.2, 0.25) is 0 Å². The van der Waals surface area contributed by atoms with E-state index in [0.29, 0.717) is 11.5 Å². The standard InChI is InChI=1S/C15H18FNO2/c16-15-12(8-17)2-1-3-13(15)10-19-14-6-4-11(9-18)5-7-14/h1-3,11,14,18H,4-7,9-10H2. The Morgan fingerprint density at radius 3 is 2.68 bits per heavy atom. The third kappa shape index (κ3) is 3.52. The minimum Gasteiger partial charge on any atom is -0.396 e. The van der Waals surface area contributed by atoms with E-state index < -0.39 is 5.82 Å². The van der Waals surface area contributed by atoms with Crippen LogP contribution < -0.4 is 0 Å². The Morgan fingerprint density at radius 2 is 2.05 bits per heavy atom. The van der Waals surface area contributed by atoms with Crippen LogP contribution in [0.25, 0.3) is 0 Å². The van der Waals surface area contributed by atoms with Gasteiger partial charge >= 0.3 is 0 Å². The smallest absolute Gasteiger partial charge is 0.146 e. The van der Waals surface area contributed by atoms with Crippen LogP contribution in [0.15, 0.2) is 18.2 Å². The van der Waals surface area contributed by atoms with Crippen molar-refractivity contribution in [3.8, 4) is 6.07 Å². The van der Waals surface area contributed by atoms with Gasteiger partial charge in [0, 0.05) is 12.2 Å². The van der Waals surface area contributed by atoms with Gasteiger partial charge in [0.25, 0.3) is 0 Å². The second kappa shape index (κ2) is 6.65. The summed E-state index contributed by atoms with van der Waals surface area (Å²) in [5.74, 6) is -0.0902. The van der Waals surface area contributed by atoms with E-state index in [1.807, 2.05) is 6.07 Å². The van der Waals surface area contributed by atoms with E-state index in [9.17, 15) is 4.39 Å². The van der Waals surface area contributed by atoms with E-state index in [1.54, 1.807) is 12.1 Å². The SMILES string of the molecule is N#Cc1cccc(COC2CCC(CO)CC2)c1F. The molecule has 0 bridgehead atoms. The number of hydrogen-bond donors (Lipinski definition) is 1. The van der Waals surface area contributed by atoms with E-state index >= 15 is 0 Å². The Kier molecular flexibility index (Phi) is 4.89. The Bertz CT molecular complexity index is 462. The molecule has 0 unspecified atom stereocenters. The van der Waals surface area contributed by atoms with Crippen molar-refractivity contribution in [3.63, 3.8) is 0 Å². The van der Waals surface area contributed by atoms with Crippen LogP contribution in [0, 0.1) is 23.1 Å². The van der Waals surface area contributed by atoms with Crippen LogP contribution in [0.3, 0.4) is 0 Å². The maximum atomic E-state index is 13.8. The number of rotatable bonds is 4. The highest BCUT2D eigenvalue weighted by Crippen LogP contribution is 2.26. The molecule has 1 N–H and O–H groups in total. The Morgan fingerprint density at radius 1 is 1.32 bits per heavy atom. The van der Waals surface area contributed by atoms with Crippen LogP contribution in [-0.4, -0.2) is 17.8 Å². The van der Waals surface area contributed by atoms with Gasteiger partial charge in [-0.05, 0) is 37.7 Å². The molecule has 2 rings (SSSR count). The fraction of sp³-hybridized carbons (Fsp3) is 0.533. The lowest BCUT2D eigenvalue weighted by molar-refractivity contribution is 0.000137. The van der Waals surface area contributed by atoms with Crippen molar-refractivity contribution >= 4 is 0 Å². The highest BCUT2D eigenvalue weighted by atomic mass is 19.1. The fourth-order valence-corrected chi connectivity index (χ4v) is 2.47. The predicted octanol–water partition coefficient (Wildman–Crippen LogP) is 2.77. The van der Waals surface area contributed by atoms with Gasteiger partial charge in [0.05, 0.1) is 18.3 Å². The monoisotopic (exact) mass is 263 g/mol. The van der Waals surface area contributed by atoms with Gasteiger partial charge in [0.1, 0.15) is 11.9 Å². The van der Waals surface area contributed by atoms with Crippen molar-refractivity contribution < 1.29 is 14.2 Å². The quantitative estimate of drug-likeness (QED) is 0.908. The molecule has 4 heteroatoms. The first-order valence-electron chi connectivity index (χ1n) is 6.64. The summed E-state index contributed by atoms with van der Waals surface area (Å²) >= 11 is 0. The van der Waals surface area contributed by atoms with Gasteiger partial charge in [-0.2, -0.15) is 5.26 Å². The minimum absolute atomic E-state index is 0.0603. The summed E-state index contributed by atoms with van der Waals surface area (Å²) in [5, 5.41) is 17.8. The van der Waals surface area contributed by atoms with Gasteiger partial charge in [-0.25, -0.2) is 4.39 Å². The molecule has 0 heterocycles. The van der Waals surface area contributed by atoms with Crippen molar-refractivity contribution in [1.29, 1.82) is 5.26 Å². The minimum atomic E-state index is -0.478. The van der Waals surface area contributed by atoms with Gasteiger partial charge < -0.3 is 9.84 Å². The third-order valence-electron chi connectivity index (χ3n) is 3.73. The summed E-state index contributed by atoms with van der Waals surface area (Å²) in [6, 6.07) is 6.61. The molecular formula is C15H18FNO2. The summed E-state index contributed by atoms with van der Waals surface area (Å²) in [6.07, 6.45) is 3.87. The molecule has 1 aromatic carbocycles. The normalized spacial score (nSPS) is 23.0. The van der Waals surface area contributed by atoms with Crippen molar-refractivity contribution in [2.45, 2.75) is 38.4 Å².